The van der Waals surface area contributed by atoms with E-state index < -0.39 is 22.9 Å². The number of methoxy groups -OCH3 is 2. The van der Waals surface area contributed by atoms with Crippen molar-refractivity contribution in [1.82, 2.24) is 4.57 Å². The first-order valence-electron chi connectivity index (χ1n) is 10.3. The summed E-state index contributed by atoms with van der Waals surface area (Å²) in [5, 5.41) is 10.9. The van der Waals surface area contributed by atoms with E-state index in [0.717, 1.165) is 11.3 Å². The van der Waals surface area contributed by atoms with Crippen molar-refractivity contribution in [2.75, 3.05) is 14.2 Å². The van der Waals surface area contributed by atoms with E-state index in [-0.39, 0.29) is 16.8 Å². The minimum absolute atomic E-state index is 0.0580. The lowest BCUT2D eigenvalue weighted by molar-refractivity contribution is -0.384. The minimum atomic E-state index is -0.829. The highest BCUT2D eigenvalue weighted by Crippen LogP contribution is 2.30. The number of hydrogen-bond donors (Lipinski definition) is 0. The number of carbonyl (C=O) groups is 2. The number of rotatable bonds is 5. The Kier molecular flexibility index (Phi) is 6.43. The van der Waals surface area contributed by atoms with Crippen LogP contribution in [0.1, 0.15) is 34.5 Å². The summed E-state index contributed by atoms with van der Waals surface area (Å²) in [6.07, 6.45) is 1.61. The van der Waals surface area contributed by atoms with Crippen molar-refractivity contribution in [3.63, 3.8) is 0 Å². The van der Waals surface area contributed by atoms with Gasteiger partial charge in [-0.15, -0.1) is 0 Å². The van der Waals surface area contributed by atoms with Crippen LogP contribution < -0.4 is 14.9 Å². The summed E-state index contributed by atoms with van der Waals surface area (Å²) in [5.74, 6) is -1.14. The highest BCUT2D eigenvalue weighted by Gasteiger charge is 2.33. The first-order chi connectivity index (χ1) is 16.7. The molecule has 1 atom stereocenters. The summed E-state index contributed by atoms with van der Waals surface area (Å²) in [4.78, 5) is 53.3. The minimum Gasteiger partial charge on any atom is -0.466 e. The number of carbonyl (C=O) groups excluding carboxylic acids is 2. The quantitative estimate of drug-likeness (QED) is 0.302. The van der Waals surface area contributed by atoms with Crippen molar-refractivity contribution in [2.45, 2.75) is 13.0 Å². The molecule has 1 unspecified atom stereocenters. The number of nitro groups is 1. The number of ether oxygens (including phenoxy) is 2. The van der Waals surface area contributed by atoms with Crippen LogP contribution in [-0.4, -0.2) is 35.6 Å². The Hall–Kier alpha value is -4.38. The third kappa shape index (κ3) is 4.41. The SMILES string of the molecule is COC(=O)C1=C(C)N=c2sc(=Cc3ccc([N+](=O)[O-])cc3)c(=O)n2C1c1ccc(C(=O)OC)cc1. The molecule has 11 heteroatoms. The standard InChI is InChI=1S/C24H19N3O7S/c1-13-19(23(30)34-3)20(15-6-8-16(9-7-15)22(29)33-2)26-21(28)18(35-24(26)25-13)12-14-4-10-17(11-5-14)27(31)32/h4-12,20H,1-3H3. The van der Waals surface area contributed by atoms with Crippen molar-refractivity contribution >= 4 is 35.0 Å². The summed E-state index contributed by atoms with van der Waals surface area (Å²) < 4.78 is 11.5. The average molecular weight is 493 g/mol. The predicted octanol–water partition coefficient (Wildman–Crippen LogP) is 2.10. The van der Waals surface area contributed by atoms with Crippen LogP contribution >= 0.6 is 11.3 Å². The number of aromatic nitrogens is 1. The molecule has 2 heterocycles. The summed E-state index contributed by atoms with van der Waals surface area (Å²) in [6.45, 7) is 1.66. The smallest absolute Gasteiger partial charge is 0.338 e. The van der Waals surface area contributed by atoms with E-state index in [4.69, 9.17) is 9.47 Å². The van der Waals surface area contributed by atoms with Crippen LogP contribution in [-0.2, 0) is 14.3 Å². The zero-order valence-corrected chi connectivity index (χ0v) is 19.7. The molecule has 178 valence electrons. The van der Waals surface area contributed by atoms with Crippen LogP contribution in [0.4, 0.5) is 5.69 Å². The van der Waals surface area contributed by atoms with Crippen LogP contribution in [0.15, 0.2) is 69.6 Å². The van der Waals surface area contributed by atoms with Gasteiger partial charge in [-0.05, 0) is 48.4 Å². The predicted molar refractivity (Wildman–Crippen MR) is 127 cm³/mol. The van der Waals surface area contributed by atoms with Crippen molar-refractivity contribution in [1.29, 1.82) is 0 Å². The molecule has 10 nitrogen and oxygen atoms in total. The first kappa shape index (κ1) is 23.8. The number of non-ortho nitro benzene ring substituents is 1. The molecule has 0 bridgehead atoms. The topological polar surface area (TPSA) is 130 Å². The molecule has 0 N–H and O–H groups in total. The van der Waals surface area contributed by atoms with Gasteiger partial charge in [0.25, 0.3) is 11.2 Å². The van der Waals surface area contributed by atoms with Crippen LogP contribution in [0.25, 0.3) is 6.08 Å². The maximum absolute atomic E-state index is 13.5. The number of fused-ring (bicyclic) bond motifs is 1. The van der Waals surface area contributed by atoms with E-state index in [2.05, 4.69) is 4.99 Å². The molecule has 0 fully saturated rings. The zero-order valence-electron chi connectivity index (χ0n) is 18.9. The normalized spacial score (nSPS) is 15.3. The average Bonchev–Trinajstić information content (AvgIpc) is 3.16. The lowest BCUT2D eigenvalue weighted by Gasteiger charge is -2.24. The van der Waals surface area contributed by atoms with Gasteiger partial charge >= 0.3 is 11.9 Å². The molecule has 0 saturated heterocycles. The molecular weight excluding hydrogens is 474 g/mol. The van der Waals surface area contributed by atoms with Crippen LogP contribution in [0, 0.1) is 10.1 Å². The molecule has 0 saturated carbocycles. The number of allylic oxidation sites excluding steroid dienone is 1. The monoisotopic (exact) mass is 493 g/mol. The Morgan fingerprint density at radius 2 is 1.69 bits per heavy atom. The Balaban J connectivity index is 1.89. The molecule has 0 radical (unpaired) electrons. The summed E-state index contributed by atoms with van der Waals surface area (Å²) in [7, 11) is 2.53. The first-order valence-corrected chi connectivity index (χ1v) is 11.1. The fourth-order valence-corrected chi connectivity index (χ4v) is 4.82. The molecule has 4 rings (SSSR count). The number of nitrogens with zero attached hydrogens (tertiary/aromatic N) is 3. The Bertz CT molecular complexity index is 1550. The molecule has 3 aromatic rings. The van der Waals surface area contributed by atoms with Gasteiger partial charge in [-0.25, -0.2) is 14.6 Å². The van der Waals surface area contributed by atoms with Gasteiger partial charge in [-0.1, -0.05) is 23.5 Å². The molecule has 2 aromatic carbocycles. The van der Waals surface area contributed by atoms with E-state index in [1.54, 1.807) is 49.4 Å². The van der Waals surface area contributed by atoms with Crippen LogP contribution in [0.5, 0.6) is 0 Å². The Morgan fingerprint density at radius 1 is 1.06 bits per heavy atom. The summed E-state index contributed by atoms with van der Waals surface area (Å²) in [5.41, 5.74) is 1.66. The molecule has 1 aliphatic rings. The molecule has 35 heavy (non-hydrogen) atoms. The second-order valence-electron chi connectivity index (χ2n) is 7.54. The zero-order chi connectivity index (χ0) is 25.3. The fourth-order valence-electron chi connectivity index (χ4n) is 3.77. The van der Waals surface area contributed by atoms with Gasteiger partial charge in [0, 0.05) is 12.1 Å². The van der Waals surface area contributed by atoms with E-state index in [1.165, 1.54) is 30.9 Å². The molecule has 1 aromatic heterocycles. The second kappa shape index (κ2) is 9.47. The van der Waals surface area contributed by atoms with Crippen LogP contribution in [0.2, 0.25) is 0 Å². The van der Waals surface area contributed by atoms with Gasteiger partial charge in [-0.2, -0.15) is 0 Å². The number of benzene rings is 2. The third-order valence-corrected chi connectivity index (χ3v) is 6.46. The van der Waals surface area contributed by atoms with Crippen molar-refractivity contribution in [3.05, 3.63) is 106 Å². The maximum atomic E-state index is 13.5. The molecule has 0 spiro atoms. The number of esters is 2. The van der Waals surface area contributed by atoms with Gasteiger partial charge in [0.05, 0.1) is 46.6 Å². The van der Waals surface area contributed by atoms with Crippen molar-refractivity contribution in [2.24, 2.45) is 4.99 Å². The summed E-state index contributed by atoms with van der Waals surface area (Å²) >= 11 is 1.14. The molecule has 0 amide bonds. The second-order valence-corrected chi connectivity index (χ2v) is 8.54. The molecule has 1 aliphatic heterocycles. The highest BCUT2D eigenvalue weighted by atomic mass is 32.1. The van der Waals surface area contributed by atoms with E-state index in [0.29, 0.717) is 31.7 Å². The van der Waals surface area contributed by atoms with Crippen molar-refractivity contribution in [3.8, 4) is 0 Å². The number of nitro benzene ring substituents is 1. The van der Waals surface area contributed by atoms with Gasteiger partial charge < -0.3 is 9.47 Å². The Morgan fingerprint density at radius 3 is 2.26 bits per heavy atom. The molecule has 0 aliphatic carbocycles. The molecular formula is C24H19N3O7S. The van der Waals surface area contributed by atoms with Crippen molar-refractivity contribution < 1.29 is 24.0 Å². The third-order valence-electron chi connectivity index (χ3n) is 5.48. The highest BCUT2D eigenvalue weighted by molar-refractivity contribution is 7.07. The van der Waals surface area contributed by atoms with E-state index in [9.17, 15) is 24.5 Å². The Labute approximate surface area is 202 Å². The lowest BCUT2D eigenvalue weighted by atomic mass is 9.95. The number of hydrogen-bond acceptors (Lipinski definition) is 9. The van der Waals surface area contributed by atoms with E-state index >= 15 is 0 Å². The van der Waals surface area contributed by atoms with Gasteiger partial charge in [-0.3, -0.25) is 19.5 Å². The van der Waals surface area contributed by atoms with Crippen LogP contribution in [0.3, 0.4) is 0 Å². The maximum Gasteiger partial charge on any atom is 0.338 e. The lowest BCUT2D eigenvalue weighted by Crippen LogP contribution is -2.39. The summed E-state index contributed by atoms with van der Waals surface area (Å²) in [6, 6.07) is 11.4. The fraction of sp³-hybridized carbons (Fsp3) is 0.167. The number of thiazole rings is 1. The van der Waals surface area contributed by atoms with E-state index in [1.807, 2.05) is 0 Å². The largest absolute Gasteiger partial charge is 0.466 e. The van der Waals surface area contributed by atoms with Gasteiger partial charge in [0.15, 0.2) is 4.80 Å². The van der Waals surface area contributed by atoms with Gasteiger partial charge in [0.2, 0.25) is 0 Å². The van der Waals surface area contributed by atoms with Gasteiger partial charge in [0.1, 0.15) is 0 Å².